The van der Waals surface area contributed by atoms with E-state index in [-0.39, 0.29) is 18.5 Å². The third-order valence-electron chi connectivity index (χ3n) is 4.16. The third-order valence-corrected chi connectivity index (χ3v) is 4.16. The number of rotatable bonds is 5. The Labute approximate surface area is 127 Å². The summed E-state index contributed by atoms with van der Waals surface area (Å²) in [6.07, 6.45) is 6.82. The van der Waals surface area contributed by atoms with Crippen LogP contribution in [-0.2, 0) is 0 Å². The van der Waals surface area contributed by atoms with E-state index in [0.29, 0.717) is 18.6 Å². The lowest BCUT2D eigenvalue weighted by atomic mass is 9.96. The number of carbonyl (C=O) groups excluding carboxylic acids is 1. The van der Waals surface area contributed by atoms with Crippen molar-refractivity contribution < 1.29 is 4.79 Å². The van der Waals surface area contributed by atoms with Gasteiger partial charge in [0.15, 0.2) is 0 Å². The lowest BCUT2D eigenvalue weighted by molar-refractivity contribution is 0.185. The SMILES string of the molecule is CC1CC(NCCN)NC(NC(=O)NC2CCCCC2)N1. The predicted molar refractivity (Wildman–Crippen MR) is 83.5 cm³/mol. The first-order valence-electron chi connectivity index (χ1n) is 8.20. The van der Waals surface area contributed by atoms with E-state index in [1.165, 1.54) is 19.3 Å². The molecular formula is C14H30N6O. The van der Waals surface area contributed by atoms with Gasteiger partial charge in [-0.1, -0.05) is 19.3 Å². The molecular weight excluding hydrogens is 268 g/mol. The number of urea groups is 1. The van der Waals surface area contributed by atoms with Crippen molar-refractivity contribution in [3.05, 3.63) is 0 Å². The lowest BCUT2D eigenvalue weighted by Crippen LogP contribution is -2.68. The first-order chi connectivity index (χ1) is 10.2. The summed E-state index contributed by atoms with van der Waals surface area (Å²) in [6, 6.07) is 0.561. The Morgan fingerprint density at radius 2 is 1.95 bits per heavy atom. The number of nitrogens with two attached hydrogens (primary N) is 1. The van der Waals surface area contributed by atoms with Crippen LogP contribution in [0, 0.1) is 0 Å². The second-order valence-corrected chi connectivity index (χ2v) is 6.15. The fourth-order valence-electron chi connectivity index (χ4n) is 3.11. The minimum absolute atomic E-state index is 0.0985. The van der Waals surface area contributed by atoms with Gasteiger partial charge in [0.05, 0.1) is 6.17 Å². The summed E-state index contributed by atoms with van der Waals surface area (Å²) in [5.74, 6) is 0. The molecule has 1 aliphatic heterocycles. The molecule has 7 heteroatoms. The van der Waals surface area contributed by atoms with Crippen LogP contribution in [0.3, 0.4) is 0 Å². The van der Waals surface area contributed by atoms with Gasteiger partial charge in [-0.25, -0.2) is 4.79 Å². The maximum absolute atomic E-state index is 12.1. The normalized spacial score (nSPS) is 30.9. The van der Waals surface area contributed by atoms with Gasteiger partial charge in [0.1, 0.15) is 6.29 Å². The van der Waals surface area contributed by atoms with Crippen molar-refractivity contribution in [3.8, 4) is 0 Å². The van der Waals surface area contributed by atoms with E-state index >= 15 is 0 Å². The fourth-order valence-corrected chi connectivity index (χ4v) is 3.11. The molecule has 7 N–H and O–H groups in total. The Morgan fingerprint density at radius 1 is 1.19 bits per heavy atom. The van der Waals surface area contributed by atoms with Crippen molar-refractivity contribution in [1.82, 2.24) is 26.6 Å². The topological polar surface area (TPSA) is 103 Å². The van der Waals surface area contributed by atoms with Gasteiger partial charge in [-0.05, 0) is 26.2 Å². The maximum Gasteiger partial charge on any atom is 0.317 e. The van der Waals surface area contributed by atoms with Gasteiger partial charge in [-0.3, -0.25) is 10.6 Å². The standard InChI is InChI=1S/C14H30N6O/c1-10-9-12(16-8-7-15)19-13(17-10)20-14(21)18-11-5-3-2-4-6-11/h10-13,16-17,19H,2-9,15H2,1H3,(H2,18,20,21). The van der Waals surface area contributed by atoms with Crippen molar-refractivity contribution in [2.45, 2.75) is 70.0 Å². The molecule has 122 valence electrons. The number of amides is 2. The van der Waals surface area contributed by atoms with Crippen molar-refractivity contribution in [2.75, 3.05) is 13.1 Å². The molecule has 21 heavy (non-hydrogen) atoms. The summed E-state index contributed by atoms with van der Waals surface area (Å²) < 4.78 is 0. The number of hydrogen-bond donors (Lipinski definition) is 6. The summed E-state index contributed by atoms with van der Waals surface area (Å²) in [5.41, 5.74) is 5.51. The molecule has 3 atom stereocenters. The molecule has 7 nitrogen and oxygen atoms in total. The molecule has 1 heterocycles. The highest BCUT2D eigenvalue weighted by Crippen LogP contribution is 2.17. The maximum atomic E-state index is 12.1. The second kappa shape index (κ2) is 8.53. The molecule has 1 aliphatic carbocycles. The van der Waals surface area contributed by atoms with Crippen LogP contribution in [0.1, 0.15) is 45.4 Å². The second-order valence-electron chi connectivity index (χ2n) is 6.15. The van der Waals surface area contributed by atoms with Crippen LogP contribution in [0.5, 0.6) is 0 Å². The average molecular weight is 298 g/mol. The number of carbonyl (C=O) groups is 1. The van der Waals surface area contributed by atoms with E-state index in [0.717, 1.165) is 25.8 Å². The van der Waals surface area contributed by atoms with Gasteiger partial charge < -0.3 is 21.7 Å². The summed E-state index contributed by atoms with van der Waals surface area (Å²) >= 11 is 0. The summed E-state index contributed by atoms with van der Waals surface area (Å²) in [7, 11) is 0. The average Bonchev–Trinajstić information content (AvgIpc) is 2.45. The molecule has 0 radical (unpaired) electrons. The van der Waals surface area contributed by atoms with Crippen LogP contribution < -0.4 is 32.3 Å². The molecule has 0 aromatic carbocycles. The fraction of sp³-hybridized carbons (Fsp3) is 0.929. The quantitative estimate of drug-likeness (QED) is 0.420. The van der Waals surface area contributed by atoms with Crippen molar-refractivity contribution in [2.24, 2.45) is 5.73 Å². The van der Waals surface area contributed by atoms with Crippen LogP contribution in [0.15, 0.2) is 0 Å². The Hall–Kier alpha value is -0.890. The van der Waals surface area contributed by atoms with Crippen LogP contribution in [0.2, 0.25) is 0 Å². The molecule has 3 unspecified atom stereocenters. The molecule has 1 saturated carbocycles. The van der Waals surface area contributed by atoms with Crippen molar-refractivity contribution in [3.63, 3.8) is 0 Å². The molecule has 2 rings (SSSR count). The van der Waals surface area contributed by atoms with Crippen LogP contribution in [0.25, 0.3) is 0 Å². The third kappa shape index (κ3) is 5.78. The van der Waals surface area contributed by atoms with E-state index in [1.807, 2.05) is 0 Å². The van der Waals surface area contributed by atoms with Gasteiger partial charge in [-0.2, -0.15) is 0 Å². The minimum Gasteiger partial charge on any atom is -0.335 e. The molecule has 0 aromatic heterocycles. The molecule has 1 saturated heterocycles. The van der Waals surface area contributed by atoms with Crippen molar-refractivity contribution >= 4 is 6.03 Å². The monoisotopic (exact) mass is 298 g/mol. The van der Waals surface area contributed by atoms with Gasteiger partial charge in [0.25, 0.3) is 0 Å². The minimum atomic E-state index is -0.215. The van der Waals surface area contributed by atoms with Gasteiger partial charge >= 0.3 is 6.03 Å². The predicted octanol–water partition coefficient (Wildman–Crippen LogP) is -0.252. The zero-order valence-corrected chi connectivity index (χ0v) is 13.0. The van der Waals surface area contributed by atoms with Crippen LogP contribution in [0.4, 0.5) is 4.79 Å². The van der Waals surface area contributed by atoms with E-state index in [9.17, 15) is 4.79 Å². The molecule has 2 fully saturated rings. The summed E-state index contributed by atoms with van der Waals surface area (Å²) in [5, 5.41) is 16.0. The molecule has 0 bridgehead atoms. The Balaban J connectivity index is 1.73. The van der Waals surface area contributed by atoms with Crippen molar-refractivity contribution in [1.29, 1.82) is 0 Å². The smallest absolute Gasteiger partial charge is 0.317 e. The van der Waals surface area contributed by atoms with Crippen LogP contribution in [-0.4, -0.2) is 43.7 Å². The molecule has 0 aromatic rings. The van der Waals surface area contributed by atoms with E-state index in [1.54, 1.807) is 0 Å². The lowest BCUT2D eigenvalue weighted by Gasteiger charge is -2.37. The molecule has 2 amide bonds. The van der Waals surface area contributed by atoms with Crippen LogP contribution >= 0.6 is 0 Å². The van der Waals surface area contributed by atoms with E-state index in [2.05, 4.69) is 33.5 Å². The highest BCUT2D eigenvalue weighted by Gasteiger charge is 2.26. The Morgan fingerprint density at radius 3 is 2.67 bits per heavy atom. The Bertz CT molecular complexity index is 321. The van der Waals surface area contributed by atoms with Gasteiger partial charge in [0, 0.05) is 25.2 Å². The Kier molecular flexibility index (Phi) is 6.69. The highest BCUT2D eigenvalue weighted by molar-refractivity contribution is 5.74. The largest absolute Gasteiger partial charge is 0.335 e. The zero-order chi connectivity index (χ0) is 15.1. The first-order valence-corrected chi connectivity index (χ1v) is 8.20. The van der Waals surface area contributed by atoms with E-state index in [4.69, 9.17) is 5.73 Å². The van der Waals surface area contributed by atoms with Gasteiger partial charge in [0.2, 0.25) is 0 Å². The highest BCUT2D eigenvalue weighted by atomic mass is 16.2. The molecule has 0 spiro atoms. The van der Waals surface area contributed by atoms with Gasteiger partial charge in [-0.15, -0.1) is 0 Å². The van der Waals surface area contributed by atoms with E-state index < -0.39 is 0 Å². The number of hydrogen-bond acceptors (Lipinski definition) is 5. The molecule has 2 aliphatic rings. The zero-order valence-electron chi connectivity index (χ0n) is 13.0. The first kappa shape index (κ1) is 16.5. The summed E-state index contributed by atoms with van der Waals surface area (Å²) in [6.45, 7) is 3.50. The summed E-state index contributed by atoms with van der Waals surface area (Å²) in [4.78, 5) is 12.1. The number of nitrogens with one attached hydrogen (secondary N) is 5.